The molecule has 25 heavy (non-hydrogen) atoms. The number of hydrogen-bond acceptors (Lipinski definition) is 5. The van der Waals surface area contributed by atoms with Crippen molar-refractivity contribution < 1.29 is 17.9 Å². The van der Waals surface area contributed by atoms with Crippen LogP contribution in [0.15, 0.2) is 23.1 Å². The number of methoxy groups -OCH3 is 1. The van der Waals surface area contributed by atoms with E-state index >= 15 is 0 Å². The number of ether oxygens (including phenoxy) is 1. The van der Waals surface area contributed by atoms with E-state index in [1.807, 2.05) is 20.8 Å². The summed E-state index contributed by atoms with van der Waals surface area (Å²) in [4.78, 5) is 12.4. The second-order valence-electron chi connectivity index (χ2n) is 7.31. The zero-order valence-electron chi connectivity index (χ0n) is 15.2. The molecule has 1 aromatic carbocycles. The van der Waals surface area contributed by atoms with Crippen molar-refractivity contribution >= 4 is 21.6 Å². The molecule has 0 radical (unpaired) electrons. The molecule has 3 N–H and O–H groups in total. The molecule has 2 rings (SSSR count). The van der Waals surface area contributed by atoms with Gasteiger partial charge in [0.15, 0.2) is 0 Å². The Morgan fingerprint density at radius 1 is 1.28 bits per heavy atom. The number of carbonyl (C=O) groups excluding carboxylic acids is 1. The van der Waals surface area contributed by atoms with E-state index in [1.54, 1.807) is 6.07 Å². The van der Waals surface area contributed by atoms with E-state index in [2.05, 4.69) is 5.32 Å². The molecule has 0 aromatic heterocycles. The maximum Gasteiger partial charge on any atom is 0.246 e. The average Bonchev–Trinajstić information content (AvgIpc) is 3.08. The van der Waals surface area contributed by atoms with Crippen LogP contribution < -0.4 is 15.8 Å². The molecule has 140 valence electrons. The summed E-state index contributed by atoms with van der Waals surface area (Å²) in [7, 11) is -2.19. The summed E-state index contributed by atoms with van der Waals surface area (Å²) in [6.45, 7) is 6.67. The van der Waals surface area contributed by atoms with Crippen molar-refractivity contribution in [1.82, 2.24) is 4.31 Å². The molecule has 1 fully saturated rings. The Hall–Kier alpha value is -1.64. The molecule has 1 amide bonds. The zero-order chi connectivity index (χ0) is 18.8. The Labute approximate surface area is 149 Å². The highest BCUT2D eigenvalue weighted by molar-refractivity contribution is 7.89. The molecule has 8 heteroatoms. The zero-order valence-corrected chi connectivity index (χ0v) is 16.0. The van der Waals surface area contributed by atoms with Gasteiger partial charge in [0.25, 0.3) is 0 Å². The second-order valence-corrected chi connectivity index (χ2v) is 9.22. The molecule has 7 nitrogen and oxygen atoms in total. The predicted octanol–water partition coefficient (Wildman–Crippen LogP) is 1.79. The van der Waals surface area contributed by atoms with Crippen LogP contribution in [0, 0.1) is 5.41 Å². The van der Waals surface area contributed by atoms with Gasteiger partial charge >= 0.3 is 0 Å². The molecule has 1 saturated heterocycles. The van der Waals surface area contributed by atoms with E-state index in [-0.39, 0.29) is 22.0 Å². The van der Waals surface area contributed by atoms with Crippen molar-refractivity contribution in [2.45, 2.75) is 44.6 Å². The van der Waals surface area contributed by atoms with E-state index in [0.29, 0.717) is 18.8 Å². The molecule has 1 heterocycles. The number of nitrogens with one attached hydrogen (secondary N) is 1. The summed E-state index contributed by atoms with van der Waals surface area (Å²) in [5.41, 5.74) is 6.01. The van der Waals surface area contributed by atoms with Crippen LogP contribution in [0.1, 0.15) is 33.6 Å². The number of hydrogen-bond donors (Lipinski definition) is 2. The molecule has 0 spiro atoms. The maximum absolute atomic E-state index is 12.7. The summed E-state index contributed by atoms with van der Waals surface area (Å²) in [5.74, 6) is -0.126. The largest absolute Gasteiger partial charge is 0.495 e. The summed E-state index contributed by atoms with van der Waals surface area (Å²) in [6.07, 6.45) is 1.72. The number of nitrogens with two attached hydrogens (primary N) is 1. The molecular formula is C17H27N3O4S. The summed E-state index contributed by atoms with van der Waals surface area (Å²) in [6, 6.07) is 3.84. The Bertz CT molecular complexity index is 735. The lowest BCUT2D eigenvalue weighted by Crippen LogP contribution is -2.45. The predicted molar refractivity (Wildman–Crippen MR) is 97.0 cm³/mol. The third-order valence-corrected chi connectivity index (χ3v) is 6.27. The first-order valence-electron chi connectivity index (χ1n) is 8.32. The van der Waals surface area contributed by atoms with Gasteiger partial charge in [-0.25, -0.2) is 8.42 Å². The van der Waals surface area contributed by atoms with E-state index in [4.69, 9.17) is 10.5 Å². The second kappa shape index (κ2) is 7.31. The van der Waals surface area contributed by atoms with Crippen molar-refractivity contribution in [1.29, 1.82) is 0 Å². The smallest absolute Gasteiger partial charge is 0.246 e. The van der Waals surface area contributed by atoms with E-state index in [9.17, 15) is 13.2 Å². The highest BCUT2D eigenvalue weighted by atomic mass is 32.2. The van der Waals surface area contributed by atoms with Gasteiger partial charge in [-0.2, -0.15) is 4.31 Å². The topological polar surface area (TPSA) is 102 Å². The van der Waals surface area contributed by atoms with Crippen molar-refractivity contribution in [3.63, 3.8) is 0 Å². The molecule has 0 bridgehead atoms. The molecule has 1 aliphatic rings. The minimum Gasteiger partial charge on any atom is -0.495 e. The van der Waals surface area contributed by atoms with Gasteiger partial charge in [-0.3, -0.25) is 4.79 Å². The van der Waals surface area contributed by atoms with Crippen LogP contribution in [0.2, 0.25) is 0 Å². The average molecular weight is 369 g/mol. The SMILES string of the molecule is COc1cc(NC(=O)[C@@H](N)C(C)(C)C)ccc1S(=O)(=O)N1CCCC1. The fraction of sp³-hybridized carbons (Fsp3) is 0.588. The van der Waals surface area contributed by atoms with Crippen molar-refractivity contribution in [3.05, 3.63) is 18.2 Å². The first kappa shape index (κ1) is 19.7. The Morgan fingerprint density at radius 2 is 1.88 bits per heavy atom. The number of amides is 1. The van der Waals surface area contributed by atoms with Gasteiger partial charge in [-0.1, -0.05) is 20.8 Å². The van der Waals surface area contributed by atoms with E-state index in [1.165, 1.54) is 23.5 Å². The molecule has 0 saturated carbocycles. The van der Waals surface area contributed by atoms with Crippen LogP contribution in [0.5, 0.6) is 5.75 Å². The molecule has 1 aliphatic heterocycles. The van der Waals surface area contributed by atoms with Gasteiger partial charge in [0.05, 0.1) is 13.2 Å². The highest BCUT2D eigenvalue weighted by Crippen LogP contribution is 2.31. The minimum atomic E-state index is -3.60. The first-order chi connectivity index (χ1) is 11.6. The van der Waals surface area contributed by atoms with Crippen LogP contribution in [0.3, 0.4) is 0 Å². The minimum absolute atomic E-state index is 0.106. The van der Waals surface area contributed by atoms with Crippen molar-refractivity contribution in [3.8, 4) is 5.75 Å². The Morgan fingerprint density at radius 3 is 2.40 bits per heavy atom. The van der Waals surface area contributed by atoms with Gasteiger partial charge in [0.1, 0.15) is 10.6 Å². The van der Waals surface area contributed by atoms with Crippen LogP contribution in [-0.4, -0.2) is 44.9 Å². The normalized spacial score (nSPS) is 17.3. The lowest BCUT2D eigenvalue weighted by molar-refractivity contribution is -0.119. The number of rotatable bonds is 5. The van der Waals surface area contributed by atoms with Crippen LogP contribution in [-0.2, 0) is 14.8 Å². The van der Waals surface area contributed by atoms with Gasteiger partial charge in [-0.05, 0) is 30.4 Å². The third kappa shape index (κ3) is 4.31. The van der Waals surface area contributed by atoms with Crippen molar-refractivity contribution in [2.75, 3.05) is 25.5 Å². The third-order valence-electron chi connectivity index (χ3n) is 4.33. The fourth-order valence-corrected chi connectivity index (χ4v) is 4.29. The lowest BCUT2D eigenvalue weighted by atomic mass is 9.87. The van der Waals surface area contributed by atoms with Crippen LogP contribution in [0.25, 0.3) is 0 Å². The quantitative estimate of drug-likeness (QED) is 0.824. The van der Waals surface area contributed by atoms with E-state index < -0.39 is 16.1 Å². The van der Waals surface area contributed by atoms with E-state index in [0.717, 1.165) is 12.8 Å². The molecule has 1 aromatic rings. The maximum atomic E-state index is 12.7. The first-order valence-corrected chi connectivity index (χ1v) is 9.76. The van der Waals surface area contributed by atoms with Gasteiger partial charge in [-0.15, -0.1) is 0 Å². The van der Waals surface area contributed by atoms with Crippen molar-refractivity contribution in [2.24, 2.45) is 11.1 Å². The highest BCUT2D eigenvalue weighted by Gasteiger charge is 2.31. The number of sulfonamides is 1. The van der Waals surface area contributed by atoms with Gasteiger partial charge in [0, 0.05) is 24.8 Å². The lowest BCUT2D eigenvalue weighted by Gasteiger charge is -2.26. The Balaban J connectivity index is 2.26. The molecule has 0 aliphatic carbocycles. The summed E-state index contributed by atoms with van der Waals surface area (Å²) in [5, 5.41) is 2.72. The number of benzene rings is 1. The molecular weight excluding hydrogens is 342 g/mol. The summed E-state index contributed by atoms with van der Waals surface area (Å²) >= 11 is 0. The van der Waals surface area contributed by atoms with Crippen LogP contribution >= 0.6 is 0 Å². The van der Waals surface area contributed by atoms with Gasteiger partial charge < -0.3 is 15.8 Å². The monoisotopic (exact) mass is 369 g/mol. The number of nitrogens with zero attached hydrogens (tertiary/aromatic N) is 1. The Kier molecular flexibility index (Phi) is 5.75. The fourth-order valence-electron chi connectivity index (χ4n) is 2.64. The number of anilines is 1. The molecule has 0 unspecified atom stereocenters. The van der Waals surface area contributed by atoms with Crippen LogP contribution in [0.4, 0.5) is 5.69 Å². The summed E-state index contributed by atoms with van der Waals surface area (Å²) < 4.78 is 32.2. The standard InChI is InChI=1S/C17H27N3O4S/c1-17(2,3)15(18)16(21)19-12-7-8-14(13(11-12)24-4)25(22,23)20-9-5-6-10-20/h7-8,11,15H,5-6,9-10,18H2,1-4H3,(H,19,21)/t15-/m1/s1. The number of carbonyl (C=O) groups is 1. The van der Waals surface area contributed by atoms with Gasteiger partial charge in [0.2, 0.25) is 15.9 Å². The molecule has 1 atom stereocenters.